The van der Waals surface area contributed by atoms with E-state index < -0.39 is 9.84 Å². The van der Waals surface area contributed by atoms with Crippen molar-refractivity contribution in [3.63, 3.8) is 0 Å². The average Bonchev–Trinajstić information content (AvgIpc) is 2.44. The molecule has 0 aliphatic heterocycles. The molecule has 0 aliphatic rings. The van der Waals surface area contributed by atoms with Gasteiger partial charge in [-0.05, 0) is 49.9 Å². The fraction of sp³-hybridized carbons (Fsp3) is 0.647. The summed E-state index contributed by atoms with van der Waals surface area (Å²) in [6, 6.07) is 6.12. The molecular weight excluding hydrogens is 282 g/mol. The topological polar surface area (TPSA) is 46.2 Å². The van der Waals surface area contributed by atoms with Crippen LogP contribution in [-0.4, -0.2) is 26.5 Å². The summed E-state index contributed by atoms with van der Waals surface area (Å²) in [5.41, 5.74) is 3.52. The zero-order chi connectivity index (χ0) is 15.9. The van der Waals surface area contributed by atoms with Gasteiger partial charge in [-0.25, -0.2) is 8.42 Å². The highest BCUT2D eigenvalue weighted by molar-refractivity contribution is 7.91. The summed E-state index contributed by atoms with van der Waals surface area (Å²) in [6.07, 6.45) is 2.65. The van der Waals surface area contributed by atoms with E-state index in [1.807, 2.05) is 13.0 Å². The lowest BCUT2D eigenvalue weighted by atomic mass is 10.0. The highest BCUT2D eigenvalue weighted by atomic mass is 32.2. The van der Waals surface area contributed by atoms with Crippen molar-refractivity contribution in [1.82, 2.24) is 5.32 Å². The van der Waals surface area contributed by atoms with Gasteiger partial charge in [-0.3, -0.25) is 0 Å². The molecule has 4 heteroatoms. The zero-order valence-corrected chi connectivity index (χ0v) is 14.6. The van der Waals surface area contributed by atoms with E-state index >= 15 is 0 Å². The summed E-state index contributed by atoms with van der Waals surface area (Å²) in [7, 11) is -3.01. The van der Waals surface area contributed by atoms with Crippen LogP contribution in [0.25, 0.3) is 0 Å². The van der Waals surface area contributed by atoms with Crippen LogP contribution >= 0.6 is 0 Å². The van der Waals surface area contributed by atoms with E-state index in [0.29, 0.717) is 5.75 Å². The van der Waals surface area contributed by atoms with E-state index in [0.717, 1.165) is 31.4 Å². The molecule has 0 saturated carbocycles. The number of unbranched alkanes of at least 4 members (excludes halogenated alkanes) is 1. The van der Waals surface area contributed by atoms with Crippen LogP contribution in [-0.2, 0) is 9.84 Å². The molecule has 0 fully saturated rings. The Labute approximate surface area is 130 Å². The van der Waals surface area contributed by atoms with Crippen molar-refractivity contribution < 1.29 is 8.42 Å². The molecule has 1 aromatic carbocycles. The highest BCUT2D eigenvalue weighted by Crippen LogP contribution is 2.19. The minimum Gasteiger partial charge on any atom is -0.309 e. The third-order valence-corrected chi connectivity index (χ3v) is 5.56. The predicted octanol–water partition coefficient (Wildman–Crippen LogP) is 3.56. The van der Waals surface area contributed by atoms with Gasteiger partial charge < -0.3 is 5.32 Å². The molecule has 120 valence electrons. The van der Waals surface area contributed by atoms with Crippen molar-refractivity contribution in [2.24, 2.45) is 0 Å². The maximum Gasteiger partial charge on any atom is 0.152 e. The molecule has 0 aromatic heterocycles. The molecule has 0 heterocycles. The third kappa shape index (κ3) is 6.18. The highest BCUT2D eigenvalue weighted by Gasteiger charge is 2.20. The molecule has 0 radical (unpaired) electrons. The van der Waals surface area contributed by atoms with Gasteiger partial charge in [-0.15, -0.1) is 0 Å². The second-order valence-corrected chi connectivity index (χ2v) is 8.05. The molecule has 1 N–H and O–H groups in total. The number of aryl methyl sites for hydroxylation is 2. The van der Waals surface area contributed by atoms with Crippen LogP contribution in [0.4, 0.5) is 0 Å². The minimum atomic E-state index is -3.01. The van der Waals surface area contributed by atoms with E-state index in [1.54, 1.807) is 0 Å². The standard InChI is InChI=1S/C17H29NO2S/c1-5-7-11-21(19,20)13-17(18-10-6-2)16-9-8-14(3)15(4)12-16/h8-9,12,17-18H,5-7,10-11,13H2,1-4H3. The van der Waals surface area contributed by atoms with Crippen molar-refractivity contribution in [2.75, 3.05) is 18.1 Å². The normalized spacial score (nSPS) is 13.3. The fourth-order valence-corrected chi connectivity index (χ4v) is 3.99. The Hall–Kier alpha value is -0.870. The van der Waals surface area contributed by atoms with Gasteiger partial charge in [-0.1, -0.05) is 38.5 Å². The number of benzene rings is 1. The van der Waals surface area contributed by atoms with E-state index in [2.05, 4.69) is 38.2 Å². The summed E-state index contributed by atoms with van der Waals surface area (Å²) >= 11 is 0. The number of hydrogen-bond acceptors (Lipinski definition) is 3. The SMILES string of the molecule is CCCCS(=O)(=O)CC(NCCC)c1ccc(C)c(C)c1. The van der Waals surface area contributed by atoms with Crippen molar-refractivity contribution in [1.29, 1.82) is 0 Å². The van der Waals surface area contributed by atoms with E-state index in [9.17, 15) is 8.42 Å². The average molecular weight is 311 g/mol. The van der Waals surface area contributed by atoms with Gasteiger partial charge in [0, 0.05) is 6.04 Å². The molecule has 3 nitrogen and oxygen atoms in total. The van der Waals surface area contributed by atoms with E-state index in [4.69, 9.17) is 0 Å². The van der Waals surface area contributed by atoms with Crippen LogP contribution in [0.3, 0.4) is 0 Å². The monoisotopic (exact) mass is 311 g/mol. The number of sulfone groups is 1. The van der Waals surface area contributed by atoms with Crippen molar-refractivity contribution in [3.05, 3.63) is 34.9 Å². The Morgan fingerprint density at radius 1 is 1.10 bits per heavy atom. The molecular formula is C17H29NO2S. The van der Waals surface area contributed by atoms with Gasteiger partial charge >= 0.3 is 0 Å². The lowest BCUT2D eigenvalue weighted by Gasteiger charge is -2.20. The Balaban J connectivity index is 2.91. The number of rotatable bonds is 9. The van der Waals surface area contributed by atoms with Gasteiger partial charge in [0.25, 0.3) is 0 Å². The van der Waals surface area contributed by atoms with Gasteiger partial charge in [0.2, 0.25) is 0 Å². The van der Waals surface area contributed by atoms with Gasteiger partial charge in [0.15, 0.2) is 9.84 Å². The van der Waals surface area contributed by atoms with Crippen molar-refractivity contribution in [3.8, 4) is 0 Å². The summed E-state index contributed by atoms with van der Waals surface area (Å²) in [4.78, 5) is 0. The van der Waals surface area contributed by atoms with E-state index in [1.165, 1.54) is 11.1 Å². The van der Waals surface area contributed by atoms with Gasteiger partial charge in [0.05, 0.1) is 11.5 Å². The second kappa shape index (κ2) is 8.54. The van der Waals surface area contributed by atoms with Crippen LogP contribution in [0.1, 0.15) is 55.8 Å². The molecule has 0 spiro atoms. The van der Waals surface area contributed by atoms with Gasteiger partial charge in [-0.2, -0.15) is 0 Å². The molecule has 0 bridgehead atoms. The van der Waals surface area contributed by atoms with Crippen LogP contribution in [0.2, 0.25) is 0 Å². The molecule has 1 unspecified atom stereocenters. The third-order valence-electron chi connectivity index (χ3n) is 3.80. The molecule has 0 saturated heterocycles. The Bertz CT molecular complexity index is 538. The quantitative estimate of drug-likeness (QED) is 0.758. The second-order valence-electron chi connectivity index (χ2n) is 5.82. The lowest BCUT2D eigenvalue weighted by molar-refractivity contribution is 0.544. The van der Waals surface area contributed by atoms with Crippen LogP contribution in [0.5, 0.6) is 0 Å². The van der Waals surface area contributed by atoms with E-state index in [-0.39, 0.29) is 11.8 Å². The summed E-state index contributed by atoms with van der Waals surface area (Å²) in [6.45, 7) is 9.09. The summed E-state index contributed by atoms with van der Waals surface area (Å²) in [5, 5.41) is 3.39. The smallest absolute Gasteiger partial charge is 0.152 e. The lowest BCUT2D eigenvalue weighted by Crippen LogP contribution is -2.30. The maximum absolute atomic E-state index is 12.2. The first-order chi connectivity index (χ1) is 9.89. The van der Waals surface area contributed by atoms with Crippen LogP contribution in [0, 0.1) is 13.8 Å². The number of hydrogen-bond donors (Lipinski definition) is 1. The Kier molecular flexibility index (Phi) is 7.40. The first-order valence-corrected chi connectivity index (χ1v) is 9.72. The first-order valence-electron chi connectivity index (χ1n) is 7.90. The number of nitrogens with one attached hydrogen (secondary N) is 1. The van der Waals surface area contributed by atoms with Gasteiger partial charge in [0.1, 0.15) is 0 Å². The first kappa shape index (κ1) is 18.2. The minimum absolute atomic E-state index is 0.105. The van der Waals surface area contributed by atoms with Crippen LogP contribution in [0.15, 0.2) is 18.2 Å². The molecule has 21 heavy (non-hydrogen) atoms. The Morgan fingerprint density at radius 2 is 1.81 bits per heavy atom. The molecule has 1 atom stereocenters. The summed E-state index contributed by atoms with van der Waals surface area (Å²) in [5.74, 6) is 0.480. The molecule has 0 aliphatic carbocycles. The van der Waals surface area contributed by atoms with Crippen molar-refractivity contribution >= 4 is 9.84 Å². The largest absolute Gasteiger partial charge is 0.309 e. The van der Waals surface area contributed by atoms with Crippen molar-refractivity contribution in [2.45, 2.75) is 53.0 Å². The van der Waals surface area contributed by atoms with Crippen LogP contribution < -0.4 is 5.32 Å². The zero-order valence-electron chi connectivity index (χ0n) is 13.8. The molecule has 1 aromatic rings. The molecule has 1 rings (SSSR count). The Morgan fingerprint density at radius 3 is 2.38 bits per heavy atom. The maximum atomic E-state index is 12.2. The predicted molar refractivity (Wildman–Crippen MR) is 90.5 cm³/mol. The summed E-state index contributed by atoms with van der Waals surface area (Å²) < 4.78 is 24.5. The fourth-order valence-electron chi connectivity index (χ4n) is 2.27. The molecule has 0 amide bonds.